The van der Waals surface area contributed by atoms with Gasteiger partial charge in [-0.1, -0.05) is 37.5 Å². The van der Waals surface area contributed by atoms with Crippen molar-refractivity contribution in [2.75, 3.05) is 26.8 Å². The van der Waals surface area contributed by atoms with E-state index in [1.54, 1.807) is 24.1 Å². The Morgan fingerprint density at radius 1 is 1.08 bits per heavy atom. The Kier molecular flexibility index (Phi) is 9.91. The number of aromatic nitrogens is 1. The van der Waals surface area contributed by atoms with Gasteiger partial charge in [0.05, 0.1) is 11.4 Å². The highest BCUT2D eigenvalue weighted by Crippen LogP contribution is 2.25. The lowest BCUT2D eigenvalue weighted by atomic mass is 9.94. The highest BCUT2D eigenvalue weighted by Gasteiger charge is 2.29. The zero-order chi connectivity index (χ0) is 26.0. The molecule has 0 saturated heterocycles. The summed E-state index contributed by atoms with van der Waals surface area (Å²) in [4.78, 5) is 31.4. The van der Waals surface area contributed by atoms with E-state index in [4.69, 9.17) is 4.74 Å². The van der Waals surface area contributed by atoms with Gasteiger partial charge in [-0.15, -0.1) is 11.3 Å². The second-order valence-electron chi connectivity index (χ2n) is 9.62. The number of hydrogen-bond acceptors (Lipinski definition) is 4. The van der Waals surface area contributed by atoms with Crippen LogP contribution in [0.1, 0.15) is 59.5 Å². The molecule has 6 nitrogen and oxygen atoms in total. The number of ether oxygens (including phenoxy) is 1. The quantitative estimate of drug-likeness (QED) is 0.290. The van der Waals surface area contributed by atoms with E-state index < -0.39 is 0 Å². The third kappa shape index (κ3) is 7.52. The molecule has 0 unspecified atom stereocenters. The van der Waals surface area contributed by atoms with Crippen LogP contribution in [-0.2, 0) is 22.6 Å². The van der Waals surface area contributed by atoms with Gasteiger partial charge in [0, 0.05) is 44.7 Å². The zero-order valence-corrected chi connectivity index (χ0v) is 22.3. The van der Waals surface area contributed by atoms with Crippen molar-refractivity contribution in [3.63, 3.8) is 0 Å². The van der Waals surface area contributed by atoms with Gasteiger partial charge in [0.1, 0.15) is 12.4 Å². The first kappa shape index (κ1) is 27.1. The summed E-state index contributed by atoms with van der Waals surface area (Å²) in [5.74, 6) is -0.385. The summed E-state index contributed by atoms with van der Waals surface area (Å²) in [5.41, 5.74) is 2.03. The van der Waals surface area contributed by atoms with E-state index in [1.165, 1.54) is 29.9 Å². The molecule has 0 spiro atoms. The van der Waals surface area contributed by atoms with Gasteiger partial charge in [-0.05, 0) is 60.5 Å². The van der Waals surface area contributed by atoms with Crippen LogP contribution in [0.5, 0.6) is 0 Å². The second kappa shape index (κ2) is 13.5. The average molecular weight is 526 g/mol. The Labute approximate surface area is 222 Å². The summed E-state index contributed by atoms with van der Waals surface area (Å²) >= 11 is 1.40. The predicted octanol–water partition coefficient (Wildman–Crippen LogP) is 5.58. The molecule has 0 atom stereocenters. The maximum absolute atomic E-state index is 13.8. The Bertz CT molecular complexity index is 1120. The summed E-state index contributed by atoms with van der Waals surface area (Å²) < 4.78 is 20.7. The van der Waals surface area contributed by atoms with Crippen molar-refractivity contribution in [1.29, 1.82) is 0 Å². The molecular weight excluding hydrogens is 489 g/mol. The van der Waals surface area contributed by atoms with Crippen molar-refractivity contribution in [1.82, 2.24) is 14.4 Å². The Morgan fingerprint density at radius 3 is 2.57 bits per heavy atom. The number of carbonyl (C=O) groups is 2. The van der Waals surface area contributed by atoms with E-state index in [1.807, 2.05) is 40.7 Å². The van der Waals surface area contributed by atoms with Crippen LogP contribution >= 0.6 is 11.3 Å². The molecule has 0 N–H and O–H groups in total. The molecule has 0 aliphatic heterocycles. The number of nitrogens with zero attached hydrogens (tertiary/aromatic N) is 3. The lowest BCUT2D eigenvalue weighted by Gasteiger charge is -2.36. The Hall–Kier alpha value is -2.97. The van der Waals surface area contributed by atoms with Gasteiger partial charge in [-0.3, -0.25) is 9.59 Å². The predicted molar refractivity (Wildman–Crippen MR) is 144 cm³/mol. The molecule has 37 heavy (non-hydrogen) atoms. The molecule has 2 heterocycles. The van der Waals surface area contributed by atoms with Gasteiger partial charge < -0.3 is 19.1 Å². The highest BCUT2D eigenvalue weighted by atomic mass is 32.1. The molecule has 0 radical (unpaired) electrons. The number of hydrogen-bond donors (Lipinski definition) is 0. The van der Waals surface area contributed by atoms with Crippen molar-refractivity contribution in [3.8, 4) is 0 Å². The summed E-state index contributed by atoms with van der Waals surface area (Å²) in [6, 6.07) is 14.4. The van der Waals surface area contributed by atoms with Crippen LogP contribution in [0.2, 0.25) is 0 Å². The van der Waals surface area contributed by atoms with Crippen molar-refractivity contribution in [3.05, 3.63) is 82.1 Å². The third-order valence-electron chi connectivity index (χ3n) is 6.98. The number of methoxy groups -OCH3 is 1. The van der Waals surface area contributed by atoms with E-state index in [9.17, 15) is 14.0 Å². The maximum Gasteiger partial charge on any atom is 0.264 e. The van der Waals surface area contributed by atoms with Gasteiger partial charge in [0.25, 0.3) is 5.91 Å². The van der Waals surface area contributed by atoms with Gasteiger partial charge in [0.2, 0.25) is 5.91 Å². The van der Waals surface area contributed by atoms with Crippen LogP contribution in [0.3, 0.4) is 0 Å². The Balaban J connectivity index is 1.52. The first-order chi connectivity index (χ1) is 18.0. The lowest BCUT2D eigenvalue weighted by molar-refractivity contribution is -0.135. The molecule has 1 saturated carbocycles. The number of rotatable bonds is 12. The van der Waals surface area contributed by atoms with E-state index >= 15 is 0 Å². The van der Waals surface area contributed by atoms with Gasteiger partial charge in [0.15, 0.2) is 0 Å². The fourth-order valence-electron chi connectivity index (χ4n) is 4.98. The van der Waals surface area contributed by atoms with Crippen LogP contribution < -0.4 is 0 Å². The van der Waals surface area contributed by atoms with Crippen LogP contribution in [0, 0.1) is 5.82 Å². The van der Waals surface area contributed by atoms with Crippen molar-refractivity contribution < 1.29 is 18.7 Å². The van der Waals surface area contributed by atoms with Crippen LogP contribution in [0.25, 0.3) is 0 Å². The molecule has 3 aromatic rings. The van der Waals surface area contributed by atoms with Crippen LogP contribution in [-0.4, -0.2) is 59.0 Å². The van der Waals surface area contributed by atoms with Crippen LogP contribution in [0.4, 0.5) is 4.39 Å². The molecule has 4 rings (SSSR count). The zero-order valence-electron chi connectivity index (χ0n) is 21.5. The number of benzene rings is 1. The summed E-state index contributed by atoms with van der Waals surface area (Å²) in [5, 5.41) is 1.88. The largest absolute Gasteiger partial charge is 0.385 e. The summed E-state index contributed by atoms with van der Waals surface area (Å²) in [7, 11) is 1.64. The van der Waals surface area contributed by atoms with Gasteiger partial charge in [-0.25, -0.2) is 4.39 Å². The molecule has 8 heteroatoms. The van der Waals surface area contributed by atoms with Crippen molar-refractivity contribution >= 4 is 23.2 Å². The normalized spacial score (nSPS) is 14.0. The summed E-state index contributed by atoms with van der Waals surface area (Å²) in [6.45, 7) is 2.14. The lowest BCUT2D eigenvalue weighted by Crippen LogP contribution is -2.47. The SMILES string of the molecule is COCCCN(CC(=O)N(Cc1cccn1Cc1ccc(F)cc1)C1CCCCC1)C(=O)c1cccs1. The highest BCUT2D eigenvalue weighted by molar-refractivity contribution is 7.12. The molecule has 1 aromatic carbocycles. The van der Waals surface area contributed by atoms with Gasteiger partial charge >= 0.3 is 0 Å². The van der Waals surface area contributed by atoms with Crippen molar-refractivity contribution in [2.24, 2.45) is 0 Å². The first-order valence-electron chi connectivity index (χ1n) is 13.0. The average Bonchev–Trinajstić information content (AvgIpc) is 3.61. The molecule has 1 aliphatic rings. The molecule has 0 bridgehead atoms. The molecule has 2 aromatic heterocycles. The van der Waals surface area contributed by atoms with Gasteiger partial charge in [-0.2, -0.15) is 0 Å². The molecule has 1 fully saturated rings. The third-order valence-corrected chi connectivity index (χ3v) is 7.84. The smallest absolute Gasteiger partial charge is 0.264 e. The monoisotopic (exact) mass is 525 g/mol. The number of thiophene rings is 1. The maximum atomic E-state index is 13.8. The van der Waals surface area contributed by atoms with E-state index in [0.29, 0.717) is 37.5 Å². The van der Waals surface area contributed by atoms with Crippen molar-refractivity contribution in [2.45, 2.75) is 57.7 Å². The van der Waals surface area contributed by atoms with Crippen LogP contribution in [0.15, 0.2) is 60.1 Å². The fraction of sp³-hybridized carbons (Fsp3) is 0.448. The minimum Gasteiger partial charge on any atom is -0.385 e. The molecular formula is C29H36FN3O3S. The number of amides is 2. The fourth-order valence-corrected chi connectivity index (χ4v) is 5.68. The molecule has 1 aliphatic carbocycles. The number of carbonyl (C=O) groups excluding carboxylic acids is 2. The minimum atomic E-state index is -0.252. The standard InChI is InChI=1S/C29H36FN3O3S/c1-36-18-7-17-32(29(35)27-11-6-19-37-27)22-28(34)33(25-8-3-2-4-9-25)21-26-10-5-16-31(26)20-23-12-14-24(30)15-13-23/h5-6,10-16,19,25H,2-4,7-9,17-18,20-22H2,1H3. The molecule has 2 amide bonds. The Morgan fingerprint density at radius 2 is 1.86 bits per heavy atom. The summed E-state index contributed by atoms with van der Waals surface area (Å²) in [6.07, 6.45) is 8.04. The van der Waals surface area contributed by atoms with E-state index in [2.05, 4.69) is 4.57 Å². The minimum absolute atomic E-state index is 0.0243. The second-order valence-corrected chi connectivity index (χ2v) is 10.6. The molecule has 198 valence electrons. The van der Waals surface area contributed by atoms with E-state index in [-0.39, 0.29) is 30.2 Å². The number of halogens is 1. The topological polar surface area (TPSA) is 54.8 Å². The first-order valence-corrected chi connectivity index (χ1v) is 13.9. The van der Waals surface area contributed by atoms with E-state index in [0.717, 1.165) is 36.9 Å².